The fourth-order valence-corrected chi connectivity index (χ4v) is 3.78. The van der Waals surface area contributed by atoms with Crippen molar-refractivity contribution in [1.29, 1.82) is 0 Å². The first-order valence-corrected chi connectivity index (χ1v) is 8.79. The standard InChI is InChI=1S/C19H21NO2S/c21-19(22)16-5-4-12-20(14-16)13-15-8-10-18(11-9-15)23-17-6-2-1-3-7-17/h1-3,6-11,16H,4-5,12-14H2,(H,21,22). The van der Waals surface area contributed by atoms with E-state index in [0.717, 1.165) is 25.9 Å². The lowest BCUT2D eigenvalue weighted by Gasteiger charge is -2.30. The molecule has 1 aliphatic rings. The van der Waals surface area contributed by atoms with Crippen molar-refractivity contribution < 1.29 is 9.90 Å². The van der Waals surface area contributed by atoms with Gasteiger partial charge in [-0.25, -0.2) is 0 Å². The van der Waals surface area contributed by atoms with Crippen molar-refractivity contribution in [3.63, 3.8) is 0 Å². The second-order valence-electron chi connectivity index (χ2n) is 5.97. The van der Waals surface area contributed by atoms with E-state index in [0.29, 0.717) is 6.54 Å². The number of carbonyl (C=O) groups is 1. The minimum absolute atomic E-state index is 0.211. The molecule has 0 radical (unpaired) electrons. The summed E-state index contributed by atoms with van der Waals surface area (Å²) < 4.78 is 0. The van der Waals surface area contributed by atoms with Crippen molar-refractivity contribution in [1.82, 2.24) is 4.90 Å². The molecule has 3 nitrogen and oxygen atoms in total. The molecule has 3 rings (SSSR count). The lowest BCUT2D eigenvalue weighted by molar-refractivity contribution is -0.143. The van der Waals surface area contributed by atoms with Crippen molar-refractivity contribution in [2.45, 2.75) is 29.2 Å². The molecule has 4 heteroatoms. The smallest absolute Gasteiger partial charge is 0.307 e. The molecule has 1 aliphatic heterocycles. The van der Waals surface area contributed by atoms with E-state index in [9.17, 15) is 4.79 Å². The van der Waals surface area contributed by atoms with Crippen molar-refractivity contribution in [2.75, 3.05) is 13.1 Å². The number of nitrogens with zero attached hydrogens (tertiary/aromatic N) is 1. The number of hydrogen-bond acceptors (Lipinski definition) is 3. The topological polar surface area (TPSA) is 40.5 Å². The molecular formula is C19H21NO2S. The van der Waals surface area contributed by atoms with Gasteiger partial charge in [-0.05, 0) is 49.2 Å². The molecule has 0 bridgehead atoms. The van der Waals surface area contributed by atoms with Crippen LogP contribution < -0.4 is 0 Å². The maximum absolute atomic E-state index is 11.1. The van der Waals surface area contributed by atoms with Crippen molar-refractivity contribution in [3.8, 4) is 0 Å². The van der Waals surface area contributed by atoms with Gasteiger partial charge >= 0.3 is 5.97 Å². The summed E-state index contributed by atoms with van der Waals surface area (Å²) in [5, 5.41) is 9.17. The Morgan fingerprint density at radius 2 is 1.78 bits per heavy atom. The zero-order valence-electron chi connectivity index (χ0n) is 13.0. The fourth-order valence-electron chi connectivity index (χ4n) is 2.95. The molecule has 23 heavy (non-hydrogen) atoms. The maximum Gasteiger partial charge on any atom is 0.307 e. The van der Waals surface area contributed by atoms with Gasteiger partial charge in [-0.1, -0.05) is 42.1 Å². The predicted molar refractivity (Wildman–Crippen MR) is 92.6 cm³/mol. The number of hydrogen-bond donors (Lipinski definition) is 1. The molecule has 1 fully saturated rings. The largest absolute Gasteiger partial charge is 0.481 e. The van der Waals surface area contributed by atoms with E-state index in [2.05, 4.69) is 41.3 Å². The van der Waals surface area contributed by atoms with Crippen molar-refractivity contribution in [2.24, 2.45) is 5.92 Å². The zero-order chi connectivity index (χ0) is 16.1. The molecule has 2 aromatic rings. The number of rotatable bonds is 5. The highest BCUT2D eigenvalue weighted by Crippen LogP contribution is 2.27. The van der Waals surface area contributed by atoms with Crippen LogP contribution in [0.4, 0.5) is 0 Å². The molecule has 1 heterocycles. The van der Waals surface area contributed by atoms with Crippen molar-refractivity contribution in [3.05, 3.63) is 60.2 Å². The number of piperidine rings is 1. The normalized spacial score (nSPS) is 18.7. The summed E-state index contributed by atoms with van der Waals surface area (Å²) in [6, 6.07) is 18.9. The third-order valence-corrected chi connectivity index (χ3v) is 5.18. The Labute approximate surface area is 141 Å². The van der Waals surface area contributed by atoms with E-state index in [1.54, 1.807) is 11.8 Å². The monoisotopic (exact) mass is 327 g/mol. The van der Waals surface area contributed by atoms with Crippen LogP contribution in [-0.2, 0) is 11.3 Å². The van der Waals surface area contributed by atoms with E-state index in [-0.39, 0.29) is 5.92 Å². The molecule has 0 aromatic heterocycles. The van der Waals surface area contributed by atoms with Gasteiger partial charge in [-0.3, -0.25) is 9.69 Å². The zero-order valence-corrected chi connectivity index (χ0v) is 13.8. The van der Waals surface area contributed by atoms with Crippen LogP contribution in [0.25, 0.3) is 0 Å². The second-order valence-corrected chi connectivity index (χ2v) is 7.12. The molecule has 0 saturated carbocycles. The van der Waals surface area contributed by atoms with E-state index < -0.39 is 5.97 Å². The summed E-state index contributed by atoms with van der Waals surface area (Å²) in [6.45, 7) is 2.49. The Morgan fingerprint density at radius 3 is 2.48 bits per heavy atom. The van der Waals surface area contributed by atoms with Gasteiger partial charge in [-0.2, -0.15) is 0 Å². The Balaban J connectivity index is 1.58. The van der Waals surface area contributed by atoms with Crippen LogP contribution in [0.2, 0.25) is 0 Å². The van der Waals surface area contributed by atoms with Crippen LogP contribution in [0.3, 0.4) is 0 Å². The molecular weight excluding hydrogens is 306 g/mol. The van der Waals surface area contributed by atoms with Gasteiger partial charge in [0.1, 0.15) is 0 Å². The van der Waals surface area contributed by atoms with Gasteiger partial charge in [0, 0.05) is 22.9 Å². The van der Waals surface area contributed by atoms with Crippen LogP contribution in [0, 0.1) is 5.92 Å². The lowest BCUT2D eigenvalue weighted by atomic mass is 9.98. The van der Waals surface area contributed by atoms with Crippen LogP contribution >= 0.6 is 11.8 Å². The minimum Gasteiger partial charge on any atom is -0.481 e. The Morgan fingerprint density at radius 1 is 1.09 bits per heavy atom. The minimum atomic E-state index is -0.663. The molecule has 120 valence electrons. The van der Waals surface area contributed by atoms with Gasteiger partial charge in [0.2, 0.25) is 0 Å². The quantitative estimate of drug-likeness (QED) is 0.896. The van der Waals surface area contributed by atoms with Gasteiger partial charge in [0.25, 0.3) is 0 Å². The Bertz CT molecular complexity index is 642. The highest BCUT2D eigenvalue weighted by Gasteiger charge is 2.25. The molecule has 1 saturated heterocycles. The van der Waals surface area contributed by atoms with E-state index in [4.69, 9.17) is 5.11 Å². The summed E-state index contributed by atoms with van der Waals surface area (Å²) in [5.74, 6) is -0.874. The first-order valence-electron chi connectivity index (χ1n) is 7.98. The Kier molecular flexibility index (Phi) is 5.36. The summed E-state index contributed by atoms with van der Waals surface area (Å²) >= 11 is 1.76. The average molecular weight is 327 g/mol. The molecule has 1 atom stereocenters. The second kappa shape index (κ2) is 7.66. The lowest BCUT2D eigenvalue weighted by Crippen LogP contribution is -2.38. The van der Waals surface area contributed by atoms with Crippen molar-refractivity contribution >= 4 is 17.7 Å². The molecule has 0 spiro atoms. The Hall–Kier alpha value is -1.78. The average Bonchev–Trinajstić information content (AvgIpc) is 2.58. The summed E-state index contributed by atoms with van der Waals surface area (Å²) in [7, 11) is 0. The first kappa shape index (κ1) is 16.1. The SMILES string of the molecule is O=C(O)C1CCCN(Cc2ccc(Sc3ccccc3)cc2)C1. The first-order chi connectivity index (χ1) is 11.2. The summed E-state index contributed by atoms with van der Waals surface area (Å²) in [4.78, 5) is 15.9. The predicted octanol–water partition coefficient (Wildman–Crippen LogP) is 4.13. The van der Waals surface area contributed by atoms with Crippen LogP contribution in [-0.4, -0.2) is 29.1 Å². The third kappa shape index (κ3) is 4.60. The van der Waals surface area contributed by atoms with Crippen LogP contribution in [0.1, 0.15) is 18.4 Å². The van der Waals surface area contributed by atoms with Gasteiger partial charge < -0.3 is 5.11 Å². The van der Waals surface area contributed by atoms with E-state index in [1.807, 2.05) is 18.2 Å². The number of likely N-dealkylation sites (tertiary alicyclic amines) is 1. The highest BCUT2D eigenvalue weighted by molar-refractivity contribution is 7.99. The number of aliphatic carboxylic acids is 1. The number of carboxylic acids is 1. The summed E-state index contributed by atoms with van der Waals surface area (Å²) in [5.41, 5.74) is 1.24. The molecule has 0 amide bonds. The number of benzene rings is 2. The fraction of sp³-hybridized carbons (Fsp3) is 0.316. The molecule has 2 aromatic carbocycles. The molecule has 1 N–H and O–H groups in total. The van der Waals surface area contributed by atoms with Gasteiger partial charge in [0.05, 0.1) is 5.92 Å². The summed E-state index contributed by atoms with van der Waals surface area (Å²) in [6.07, 6.45) is 1.78. The van der Waals surface area contributed by atoms with Gasteiger partial charge in [-0.15, -0.1) is 0 Å². The third-order valence-electron chi connectivity index (χ3n) is 4.16. The highest BCUT2D eigenvalue weighted by atomic mass is 32.2. The van der Waals surface area contributed by atoms with Crippen LogP contribution in [0.15, 0.2) is 64.4 Å². The molecule has 1 unspecified atom stereocenters. The van der Waals surface area contributed by atoms with Crippen LogP contribution in [0.5, 0.6) is 0 Å². The molecule has 0 aliphatic carbocycles. The maximum atomic E-state index is 11.1. The van der Waals surface area contributed by atoms with E-state index >= 15 is 0 Å². The number of carboxylic acid groups (broad SMARTS) is 1. The van der Waals surface area contributed by atoms with E-state index in [1.165, 1.54) is 15.4 Å². The van der Waals surface area contributed by atoms with Gasteiger partial charge in [0.15, 0.2) is 0 Å².